The van der Waals surface area contributed by atoms with E-state index in [2.05, 4.69) is 10.6 Å². The van der Waals surface area contributed by atoms with Crippen molar-refractivity contribution in [3.05, 3.63) is 93.2 Å². The van der Waals surface area contributed by atoms with Gasteiger partial charge in [-0.25, -0.2) is 8.78 Å². The van der Waals surface area contributed by atoms with Crippen molar-refractivity contribution in [1.29, 1.82) is 5.41 Å². The summed E-state index contributed by atoms with van der Waals surface area (Å²) in [6, 6.07) is 14.4. The number of carbonyl (C=O) groups excluding carboxylic acids is 4. The summed E-state index contributed by atoms with van der Waals surface area (Å²) in [5.41, 5.74) is 4.67. The number of nitrogens with two attached hydrogens (primary N) is 1. The third kappa shape index (κ3) is 6.83. The molecule has 1 aliphatic rings. The largest absolute Gasteiger partial charge is 0.384 e. The van der Waals surface area contributed by atoms with Crippen molar-refractivity contribution in [2.24, 2.45) is 5.73 Å². The number of rotatable bonds is 10. The molecule has 214 valence electrons. The summed E-state index contributed by atoms with van der Waals surface area (Å²) in [6.07, 6.45) is -0.526. The number of nitrogens with zero attached hydrogens (tertiary/aromatic N) is 1. The first-order chi connectivity index (χ1) is 19.5. The number of amides is 3. The van der Waals surface area contributed by atoms with Gasteiger partial charge in [-0.15, -0.1) is 11.3 Å². The highest BCUT2D eigenvalue weighted by Crippen LogP contribution is 2.32. The van der Waals surface area contributed by atoms with Crippen LogP contribution in [0.4, 0.5) is 8.78 Å². The molecule has 5 N–H and O–H groups in total. The molecule has 3 amide bonds. The van der Waals surface area contributed by atoms with Crippen LogP contribution in [-0.2, 0) is 9.59 Å². The first-order valence-corrected chi connectivity index (χ1v) is 13.6. The van der Waals surface area contributed by atoms with Crippen LogP contribution < -0.4 is 16.4 Å². The number of benzene rings is 2. The number of halogens is 2. The van der Waals surface area contributed by atoms with Gasteiger partial charge in [-0.2, -0.15) is 0 Å². The number of hydrogen-bond acceptors (Lipinski definition) is 6. The maximum absolute atomic E-state index is 15.0. The van der Waals surface area contributed by atoms with E-state index in [1.54, 1.807) is 48.7 Å². The quantitative estimate of drug-likeness (QED) is 0.165. The maximum Gasteiger partial charge on any atom is 0.251 e. The summed E-state index contributed by atoms with van der Waals surface area (Å²) in [5, 5.41) is 14.4. The maximum atomic E-state index is 15.0. The van der Waals surface area contributed by atoms with Gasteiger partial charge in [-0.3, -0.25) is 24.6 Å². The van der Waals surface area contributed by atoms with Crippen LogP contribution in [0.3, 0.4) is 0 Å². The second-order valence-corrected chi connectivity index (χ2v) is 10.8. The minimum absolute atomic E-state index is 0.123. The van der Waals surface area contributed by atoms with Gasteiger partial charge < -0.3 is 21.3 Å². The lowest BCUT2D eigenvalue weighted by Crippen LogP contribution is -2.49. The first kappa shape index (κ1) is 29.5. The summed E-state index contributed by atoms with van der Waals surface area (Å²) >= 11 is 1.28. The number of alkyl halides is 2. The van der Waals surface area contributed by atoms with Gasteiger partial charge in [0.05, 0.1) is 19.1 Å². The number of nitrogen functional groups attached to an aromatic ring is 1. The molecule has 1 aliphatic heterocycles. The van der Waals surface area contributed by atoms with Gasteiger partial charge in [0.1, 0.15) is 18.6 Å². The Labute approximate surface area is 239 Å². The summed E-state index contributed by atoms with van der Waals surface area (Å²) < 4.78 is 28.5. The van der Waals surface area contributed by atoms with Gasteiger partial charge in [0.2, 0.25) is 11.8 Å². The number of nitrogens with one attached hydrogen (secondary N) is 3. The van der Waals surface area contributed by atoms with Crippen molar-refractivity contribution in [2.45, 2.75) is 31.1 Å². The molecule has 0 unspecified atom stereocenters. The molecule has 4 rings (SSSR count). The van der Waals surface area contributed by atoms with Gasteiger partial charge in [0.25, 0.3) is 5.91 Å². The number of hydrogen-bond donors (Lipinski definition) is 4. The van der Waals surface area contributed by atoms with E-state index in [9.17, 15) is 23.6 Å². The topological polar surface area (TPSA) is 145 Å². The van der Waals surface area contributed by atoms with E-state index in [1.165, 1.54) is 35.6 Å². The molecule has 41 heavy (non-hydrogen) atoms. The molecular formula is C29H29F2N5O4S. The first-order valence-electron chi connectivity index (χ1n) is 12.8. The fourth-order valence-electron chi connectivity index (χ4n) is 4.52. The zero-order valence-electron chi connectivity index (χ0n) is 22.2. The van der Waals surface area contributed by atoms with E-state index >= 15 is 4.39 Å². The second-order valence-electron chi connectivity index (χ2n) is 9.86. The van der Waals surface area contributed by atoms with Gasteiger partial charge in [-0.05, 0) is 25.1 Å². The Morgan fingerprint density at radius 2 is 1.71 bits per heavy atom. The fraction of sp³-hybridized carbons (Fsp3) is 0.276. The average Bonchev–Trinajstić information content (AvgIpc) is 3.62. The van der Waals surface area contributed by atoms with Gasteiger partial charge in [0, 0.05) is 38.9 Å². The van der Waals surface area contributed by atoms with Crippen LogP contribution in [0.5, 0.6) is 0 Å². The van der Waals surface area contributed by atoms with Crippen LogP contribution in [0.2, 0.25) is 0 Å². The standard InChI is InChI=1S/C29H29F2N5O4S/c1-17(23-11-21(14-41-23)26(32)33)35-28(40)22-12-29(31,15-30)16-36(22)24(37)13-34-27(39)20-9-7-19(8-10-20)25(38)18-5-3-2-4-6-18/h2-11,14,17,22H,12-13,15-16H2,1H3,(H3,32,33)(H,34,39)(H,35,40)/t17-,22+,29+/m1/s1. The molecule has 2 aromatic carbocycles. The molecule has 12 heteroatoms. The Hall–Kier alpha value is -4.45. The Bertz CT molecular complexity index is 1460. The van der Waals surface area contributed by atoms with Crippen LogP contribution in [-0.4, -0.2) is 65.7 Å². The van der Waals surface area contributed by atoms with Gasteiger partial charge >= 0.3 is 0 Å². The molecule has 3 atom stereocenters. The SMILES string of the molecule is C[C@@H](NC(=O)[C@@H]1C[C@](F)(CF)CN1C(=O)CNC(=O)c1ccc(C(=O)c2ccccc2)cc1)c1cc(C(=N)N)cs1. The average molecular weight is 582 g/mol. The molecule has 0 aliphatic carbocycles. The van der Waals surface area contributed by atoms with E-state index in [1.807, 2.05) is 0 Å². The predicted octanol–water partition coefficient (Wildman–Crippen LogP) is 3.15. The molecule has 9 nitrogen and oxygen atoms in total. The van der Waals surface area contributed by atoms with Gasteiger partial charge in [0.15, 0.2) is 11.5 Å². The Morgan fingerprint density at radius 1 is 1.07 bits per heavy atom. The minimum atomic E-state index is -2.39. The van der Waals surface area contributed by atoms with E-state index in [4.69, 9.17) is 11.1 Å². The number of thiophene rings is 1. The summed E-state index contributed by atoms with van der Waals surface area (Å²) in [4.78, 5) is 52.9. The summed E-state index contributed by atoms with van der Waals surface area (Å²) in [5.74, 6) is -2.35. The molecule has 0 bridgehead atoms. The van der Waals surface area contributed by atoms with E-state index < -0.39 is 61.7 Å². The smallest absolute Gasteiger partial charge is 0.251 e. The summed E-state index contributed by atoms with van der Waals surface area (Å²) in [7, 11) is 0. The number of amidine groups is 1. The molecule has 0 spiro atoms. The molecule has 0 radical (unpaired) electrons. The lowest BCUT2D eigenvalue weighted by atomic mass is 10.0. The highest BCUT2D eigenvalue weighted by atomic mass is 32.1. The Kier molecular flexibility index (Phi) is 8.92. The molecule has 1 aromatic heterocycles. The third-order valence-corrected chi connectivity index (χ3v) is 7.93. The molecule has 3 aromatic rings. The normalized spacial score (nSPS) is 18.9. The van der Waals surface area contributed by atoms with Crippen LogP contribution in [0.15, 0.2) is 66.0 Å². The lowest BCUT2D eigenvalue weighted by molar-refractivity contribution is -0.138. The molecule has 0 saturated carbocycles. The summed E-state index contributed by atoms with van der Waals surface area (Å²) in [6.45, 7) is -0.860. The zero-order valence-corrected chi connectivity index (χ0v) is 23.0. The molecular weight excluding hydrogens is 552 g/mol. The van der Waals surface area contributed by atoms with Crippen LogP contribution in [0.1, 0.15) is 56.1 Å². The molecule has 2 heterocycles. The van der Waals surface area contributed by atoms with Crippen molar-refractivity contribution in [3.63, 3.8) is 0 Å². The lowest BCUT2D eigenvalue weighted by Gasteiger charge is -2.25. The minimum Gasteiger partial charge on any atom is -0.384 e. The zero-order chi connectivity index (χ0) is 29.7. The number of likely N-dealkylation sites (tertiary alicyclic amines) is 1. The van der Waals surface area contributed by atoms with Gasteiger partial charge in [-0.1, -0.05) is 42.5 Å². The number of ketones is 1. The highest BCUT2D eigenvalue weighted by Gasteiger charge is 2.49. The van der Waals surface area contributed by atoms with Crippen molar-refractivity contribution < 1.29 is 28.0 Å². The Morgan fingerprint density at radius 3 is 2.32 bits per heavy atom. The second kappa shape index (κ2) is 12.4. The molecule has 1 fully saturated rings. The number of carbonyl (C=O) groups is 4. The fourth-order valence-corrected chi connectivity index (χ4v) is 5.44. The third-order valence-electron chi connectivity index (χ3n) is 6.81. The van der Waals surface area contributed by atoms with Crippen molar-refractivity contribution >= 4 is 40.7 Å². The van der Waals surface area contributed by atoms with Crippen LogP contribution >= 0.6 is 11.3 Å². The van der Waals surface area contributed by atoms with Crippen LogP contribution in [0.25, 0.3) is 0 Å². The predicted molar refractivity (Wildman–Crippen MR) is 150 cm³/mol. The highest BCUT2D eigenvalue weighted by molar-refractivity contribution is 7.10. The van der Waals surface area contributed by atoms with E-state index in [0.717, 1.165) is 4.90 Å². The van der Waals surface area contributed by atoms with Crippen molar-refractivity contribution in [3.8, 4) is 0 Å². The van der Waals surface area contributed by atoms with Crippen molar-refractivity contribution in [2.75, 3.05) is 19.8 Å². The monoisotopic (exact) mass is 581 g/mol. The van der Waals surface area contributed by atoms with E-state index in [-0.39, 0.29) is 17.2 Å². The van der Waals surface area contributed by atoms with Crippen molar-refractivity contribution in [1.82, 2.24) is 15.5 Å². The van der Waals surface area contributed by atoms with E-state index in [0.29, 0.717) is 21.6 Å². The van der Waals surface area contributed by atoms with Crippen LogP contribution in [0, 0.1) is 5.41 Å². The molecule has 1 saturated heterocycles. The Balaban J connectivity index is 1.38.